The van der Waals surface area contributed by atoms with E-state index in [2.05, 4.69) is 29.3 Å². The van der Waals surface area contributed by atoms with Crippen molar-refractivity contribution in [1.82, 2.24) is 10.2 Å². The van der Waals surface area contributed by atoms with Gasteiger partial charge >= 0.3 is 0 Å². The summed E-state index contributed by atoms with van der Waals surface area (Å²) in [6.45, 7) is 4.80. The van der Waals surface area contributed by atoms with Gasteiger partial charge in [-0.1, -0.05) is 37.3 Å². The first-order valence-corrected chi connectivity index (χ1v) is 8.43. The van der Waals surface area contributed by atoms with Crippen molar-refractivity contribution in [3.8, 4) is 0 Å². The summed E-state index contributed by atoms with van der Waals surface area (Å²) in [6, 6.07) is 10.6. The molecule has 0 radical (unpaired) electrons. The standard InChI is InChI=1S/C18H29N3O/c1-15-7-9-17(10-8-15)20-18(22)14-21(12-11-19)13-16-5-3-2-4-6-16/h2-6,15,17H,7-14,19H2,1H3,(H,20,22). The number of benzene rings is 1. The van der Waals surface area contributed by atoms with Gasteiger partial charge in [0.2, 0.25) is 5.91 Å². The lowest BCUT2D eigenvalue weighted by molar-refractivity contribution is -0.123. The van der Waals surface area contributed by atoms with Crippen LogP contribution in [-0.2, 0) is 11.3 Å². The van der Waals surface area contributed by atoms with Crippen LogP contribution in [0, 0.1) is 5.92 Å². The molecule has 1 fully saturated rings. The minimum Gasteiger partial charge on any atom is -0.352 e. The summed E-state index contributed by atoms with van der Waals surface area (Å²) >= 11 is 0. The number of nitrogens with two attached hydrogens (primary N) is 1. The van der Waals surface area contributed by atoms with E-state index in [1.165, 1.54) is 18.4 Å². The zero-order chi connectivity index (χ0) is 15.8. The molecule has 22 heavy (non-hydrogen) atoms. The highest BCUT2D eigenvalue weighted by molar-refractivity contribution is 5.78. The topological polar surface area (TPSA) is 58.4 Å². The number of hydrogen-bond acceptors (Lipinski definition) is 3. The fraction of sp³-hybridized carbons (Fsp3) is 0.611. The number of amides is 1. The van der Waals surface area contributed by atoms with E-state index in [1.54, 1.807) is 0 Å². The molecule has 0 atom stereocenters. The molecule has 1 saturated carbocycles. The van der Waals surface area contributed by atoms with Crippen molar-refractivity contribution in [2.24, 2.45) is 11.7 Å². The Bertz CT molecular complexity index is 441. The minimum absolute atomic E-state index is 0.129. The smallest absolute Gasteiger partial charge is 0.234 e. The molecule has 2 rings (SSSR count). The summed E-state index contributed by atoms with van der Waals surface area (Å²) in [4.78, 5) is 14.4. The second kappa shape index (κ2) is 8.91. The first-order chi connectivity index (χ1) is 10.7. The van der Waals surface area contributed by atoms with E-state index in [0.717, 1.165) is 31.8 Å². The van der Waals surface area contributed by atoms with Gasteiger partial charge in [-0.05, 0) is 37.2 Å². The number of carbonyl (C=O) groups is 1. The molecule has 3 N–H and O–H groups in total. The maximum Gasteiger partial charge on any atom is 0.234 e. The fourth-order valence-electron chi connectivity index (χ4n) is 3.12. The molecule has 0 bridgehead atoms. The third-order valence-corrected chi connectivity index (χ3v) is 4.44. The van der Waals surface area contributed by atoms with E-state index in [4.69, 9.17) is 5.73 Å². The molecule has 1 aromatic rings. The predicted octanol–water partition coefficient (Wildman–Crippen LogP) is 2.14. The summed E-state index contributed by atoms with van der Waals surface area (Å²) < 4.78 is 0. The van der Waals surface area contributed by atoms with Crippen molar-refractivity contribution in [3.05, 3.63) is 35.9 Å². The molecule has 1 aromatic carbocycles. The molecule has 4 heteroatoms. The average Bonchev–Trinajstić information content (AvgIpc) is 2.51. The highest BCUT2D eigenvalue weighted by Gasteiger charge is 2.20. The summed E-state index contributed by atoms with van der Waals surface area (Å²) in [5, 5.41) is 3.19. The van der Waals surface area contributed by atoms with Gasteiger partial charge in [0.25, 0.3) is 0 Å². The highest BCUT2D eigenvalue weighted by Crippen LogP contribution is 2.23. The highest BCUT2D eigenvalue weighted by atomic mass is 16.2. The number of nitrogens with zero attached hydrogens (tertiary/aromatic N) is 1. The van der Waals surface area contributed by atoms with Gasteiger partial charge in [0.1, 0.15) is 0 Å². The lowest BCUT2D eigenvalue weighted by atomic mass is 9.87. The molecular formula is C18H29N3O. The third-order valence-electron chi connectivity index (χ3n) is 4.44. The second-order valence-electron chi connectivity index (χ2n) is 6.51. The Labute approximate surface area is 134 Å². The van der Waals surface area contributed by atoms with E-state index in [1.807, 2.05) is 18.2 Å². The lowest BCUT2D eigenvalue weighted by Gasteiger charge is -2.28. The minimum atomic E-state index is 0.129. The maximum absolute atomic E-state index is 12.3. The van der Waals surface area contributed by atoms with E-state index < -0.39 is 0 Å². The number of carbonyl (C=O) groups excluding carboxylic acids is 1. The van der Waals surface area contributed by atoms with Gasteiger partial charge in [0, 0.05) is 25.7 Å². The summed E-state index contributed by atoms with van der Waals surface area (Å²) in [7, 11) is 0. The summed E-state index contributed by atoms with van der Waals surface area (Å²) in [5.41, 5.74) is 6.90. The van der Waals surface area contributed by atoms with Gasteiger partial charge in [-0.3, -0.25) is 9.69 Å². The molecule has 0 spiro atoms. The van der Waals surface area contributed by atoms with Crippen LogP contribution in [0.15, 0.2) is 30.3 Å². The summed E-state index contributed by atoms with van der Waals surface area (Å²) in [6.07, 6.45) is 4.67. The molecule has 0 aliphatic heterocycles. The van der Waals surface area contributed by atoms with Crippen LogP contribution in [0.5, 0.6) is 0 Å². The Balaban J connectivity index is 1.80. The fourth-order valence-corrected chi connectivity index (χ4v) is 3.12. The van der Waals surface area contributed by atoms with Gasteiger partial charge in [-0.2, -0.15) is 0 Å². The van der Waals surface area contributed by atoms with Crippen LogP contribution in [0.2, 0.25) is 0 Å². The zero-order valence-corrected chi connectivity index (χ0v) is 13.6. The van der Waals surface area contributed by atoms with Crippen molar-refractivity contribution in [2.45, 2.75) is 45.2 Å². The Hall–Kier alpha value is -1.39. The van der Waals surface area contributed by atoms with Gasteiger partial charge in [-0.25, -0.2) is 0 Å². The zero-order valence-electron chi connectivity index (χ0n) is 13.6. The molecule has 0 heterocycles. The van der Waals surface area contributed by atoms with E-state index in [0.29, 0.717) is 19.1 Å². The van der Waals surface area contributed by atoms with Crippen molar-refractivity contribution in [2.75, 3.05) is 19.6 Å². The number of nitrogens with one attached hydrogen (secondary N) is 1. The third kappa shape index (κ3) is 5.78. The van der Waals surface area contributed by atoms with E-state index in [-0.39, 0.29) is 5.91 Å². The molecule has 0 unspecified atom stereocenters. The summed E-state index contributed by atoms with van der Waals surface area (Å²) in [5.74, 6) is 0.934. The molecule has 0 saturated heterocycles. The van der Waals surface area contributed by atoms with Gasteiger partial charge in [0.15, 0.2) is 0 Å². The number of hydrogen-bond donors (Lipinski definition) is 2. The first-order valence-electron chi connectivity index (χ1n) is 8.43. The predicted molar refractivity (Wildman–Crippen MR) is 90.3 cm³/mol. The molecule has 1 aliphatic carbocycles. The van der Waals surface area contributed by atoms with E-state index in [9.17, 15) is 4.79 Å². The van der Waals surface area contributed by atoms with E-state index >= 15 is 0 Å². The molecule has 0 aromatic heterocycles. The Morgan fingerprint density at radius 2 is 1.91 bits per heavy atom. The van der Waals surface area contributed by atoms with Crippen molar-refractivity contribution in [3.63, 3.8) is 0 Å². The van der Waals surface area contributed by atoms with Crippen LogP contribution in [0.3, 0.4) is 0 Å². The van der Waals surface area contributed by atoms with Crippen LogP contribution >= 0.6 is 0 Å². The largest absolute Gasteiger partial charge is 0.352 e. The Kier molecular flexibility index (Phi) is 6.87. The lowest BCUT2D eigenvalue weighted by Crippen LogP contribution is -2.44. The maximum atomic E-state index is 12.3. The van der Waals surface area contributed by atoms with Crippen LogP contribution in [0.1, 0.15) is 38.2 Å². The Morgan fingerprint density at radius 1 is 1.23 bits per heavy atom. The van der Waals surface area contributed by atoms with Crippen LogP contribution in [0.25, 0.3) is 0 Å². The second-order valence-corrected chi connectivity index (χ2v) is 6.51. The average molecular weight is 303 g/mol. The normalized spacial score (nSPS) is 21.8. The first kappa shape index (κ1) is 17.0. The SMILES string of the molecule is CC1CCC(NC(=O)CN(CCN)Cc2ccccc2)CC1. The monoisotopic (exact) mass is 303 g/mol. The number of rotatable bonds is 7. The molecule has 122 valence electrons. The molecule has 4 nitrogen and oxygen atoms in total. The Morgan fingerprint density at radius 3 is 2.55 bits per heavy atom. The van der Waals surface area contributed by atoms with Gasteiger partial charge in [0.05, 0.1) is 6.54 Å². The molecule has 1 aliphatic rings. The van der Waals surface area contributed by atoms with Gasteiger partial charge in [-0.15, -0.1) is 0 Å². The van der Waals surface area contributed by atoms with Gasteiger partial charge < -0.3 is 11.1 Å². The van der Waals surface area contributed by atoms with Crippen LogP contribution in [-0.4, -0.2) is 36.5 Å². The van der Waals surface area contributed by atoms with Crippen molar-refractivity contribution in [1.29, 1.82) is 0 Å². The molecular weight excluding hydrogens is 274 g/mol. The van der Waals surface area contributed by atoms with Crippen molar-refractivity contribution < 1.29 is 4.79 Å². The van der Waals surface area contributed by atoms with Crippen LogP contribution in [0.4, 0.5) is 0 Å². The molecule has 1 amide bonds. The van der Waals surface area contributed by atoms with Crippen LogP contribution < -0.4 is 11.1 Å². The van der Waals surface area contributed by atoms with Crippen molar-refractivity contribution >= 4 is 5.91 Å². The quantitative estimate of drug-likeness (QED) is 0.811.